The van der Waals surface area contributed by atoms with Crippen LogP contribution in [0.25, 0.3) is 0 Å². The predicted molar refractivity (Wildman–Crippen MR) is 77.5 cm³/mol. The summed E-state index contributed by atoms with van der Waals surface area (Å²) in [6, 6.07) is 18.1. The Labute approximate surface area is 112 Å². The molecule has 0 saturated heterocycles. The quantitative estimate of drug-likeness (QED) is 0.928. The summed E-state index contributed by atoms with van der Waals surface area (Å²) in [4.78, 5) is 12.7. The fraction of sp³-hybridized carbons (Fsp3) is 0.133. The van der Waals surface area contributed by atoms with Gasteiger partial charge in [0.15, 0.2) is 0 Å². The molecule has 100 valence electrons. The Hall–Kier alpha value is -1.94. The van der Waals surface area contributed by atoms with E-state index in [-0.39, 0.29) is 5.75 Å². The third kappa shape index (κ3) is 2.44. The third-order valence-electron chi connectivity index (χ3n) is 3.21. The monoisotopic (exact) mass is 275 g/mol. The van der Waals surface area contributed by atoms with Crippen molar-refractivity contribution in [3.63, 3.8) is 0 Å². The number of rotatable bonds is 4. The second kappa shape index (κ2) is 4.63. The van der Waals surface area contributed by atoms with Crippen molar-refractivity contribution in [2.75, 3.05) is 12.0 Å². The fourth-order valence-corrected chi connectivity index (χ4v) is 5.23. The van der Waals surface area contributed by atoms with E-state index in [9.17, 15) is 9.00 Å². The number of amides is 1. The van der Waals surface area contributed by atoms with Crippen molar-refractivity contribution in [2.45, 2.75) is 9.79 Å². The van der Waals surface area contributed by atoms with Crippen molar-refractivity contribution in [1.29, 1.82) is 0 Å². The van der Waals surface area contributed by atoms with Gasteiger partial charge in [-0.05, 0) is 33.3 Å². The standard InChI is InChI=1S/C15H17NO2S/c1-19(18,12-15(16)17,13-8-4-2-5-9-13)14-10-6-3-7-11-14/h2-11H,12H2,1H3,(H2,16,17). The van der Waals surface area contributed by atoms with E-state index in [0.717, 1.165) is 0 Å². The van der Waals surface area contributed by atoms with E-state index in [1.54, 1.807) is 30.5 Å². The van der Waals surface area contributed by atoms with Gasteiger partial charge in [-0.15, -0.1) is 0 Å². The first-order valence-electron chi connectivity index (χ1n) is 5.94. The average Bonchev–Trinajstić information content (AvgIpc) is 2.40. The second-order valence-electron chi connectivity index (χ2n) is 4.78. The second-order valence-corrected chi connectivity index (χ2v) is 9.08. The van der Waals surface area contributed by atoms with E-state index in [1.807, 2.05) is 36.4 Å². The Balaban J connectivity index is 2.71. The number of nitrogens with two attached hydrogens (primary N) is 1. The average molecular weight is 275 g/mol. The van der Waals surface area contributed by atoms with Gasteiger partial charge in [0, 0.05) is 16.0 Å². The summed E-state index contributed by atoms with van der Waals surface area (Å²) in [6.07, 6.45) is 1.63. The van der Waals surface area contributed by atoms with Crippen LogP contribution in [0.15, 0.2) is 70.5 Å². The maximum Gasteiger partial charge on any atom is 0.228 e. The lowest BCUT2D eigenvalue weighted by Crippen LogP contribution is -2.41. The van der Waals surface area contributed by atoms with Gasteiger partial charge in [0.25, 0.3) is 0 Å². The minimum Gasteiger partial charge on any atom is -0.369 e. The van der Waals surface area contributed by atoms with Crippen LogP contribution in [0.3, 0.4) is 0 Å². The molecular weight excluding hydrogens is 258 g/mol. The summed E-state index contributed by atoms with van der Waals surface area (Å²) in [5.41, 5.74) is 5.33. The molecule has 0 aliphatic carbocycles. The van der Waals surface area contributed by atoms with Crippen molar-refractivity contribution >= 4 is 15.0 Å². The number of hydrogen-bond donors (Lipinski definition) is 1. The van der Waals surface area contributed by atoms with Crippen LogP contribution in [0, 0.1) is 0 Å². The van der Waals surface area contributed by atoms with E-state index in [1.165, 1.54) is 0 Å². The molecule has 2 aromatic rings. The van der Waals surface area contributed by atoms with Gasteiger partial charge in [-0.2, -0.15) is 0 Å². The molecule has 2 N–H and O–H groups in total. The Morgan fingerprint density at radius 3 is 1.63 bits per heavy atom. The molecule has 0 aromatic heterocycles. The molecule has 2 rings (SSSR count). The lowest BCUT2D eigenvalue weighted by molar-refractivity contribution is -0.115. The van der Waals surface area contributed by atoms with Crippen molar-refractivity contribution in [2.24, 2.45) is 5.73 Å². The van der Waals surface area contributed by atoms with Crippen LogP contribution in [-0.4, -0.2) is 22.1 Å². The highest BCUT2D eigenvalue weighted by atomic mass is 32.3. The van der Waals surface area contributed by atoms with Crippen LogP contribution >= 0.6 is 0 Å². The first-order valence-corrected chi connectivity index (χ1v) is 8.48. The molecule has 0 radical (unpaired) electrons. The summed E-state index contributed by atoms with van der Waals surface area (Å²) in [7, 11) is -3.49. The van der Waals surface area contributed by atoms with E-state index >= 15 is 0 Å². The lowest BCUT2D eigenvalue weighted by atomic mass is 10.4. The van der Waals surface area contributed by atoms with Gasteiger partial charge in [-0.3, -0.25) is 9.00 Å². The van der Waals surface area contributed by atoms with Gasteiger partial charge in [-0.1, -0.05) is 36.4 Å². The summed E-state index contributed by atoms with van der Waals surface area (Å²) < 4.78 is 13.7. The largest absolute Gasteiger partial charge is 0.369 e. The van der Waals surface area contributed by atoms with Gasteiger partial charge in [0.05, 0.1) is 5.75 Å². The van der Waals surface area contributed by atoms with Crippen molar-refractivity contribution < 1.29 is 9.00 Å². The topological polar surface area (TPSA) is 60.2 Å². The third-order valence-corrected chi connectivity index (χ3v) is 7.20. The molecule has 0 aliphatic rings. The van der Waals surface area contributed by atoms with Crippen molar-refractivity contribution in [1.82, 2.24) is 0 Å². The lowest BCUT2D eigenvalue weighted by Gasteiger charge is -2.38. The molecule has 0 fully saturated rings. The van der Waals surface area contributed by atoms with Crippen LogP contribution in [0.2, 0.25) is 0 Å². The van der Waals surface area contributed by atoms with E-state index < -0.39 is 15.0 Å². The molecule has 0 spiro atoms. The van der Waals surface area contributed by atoms with Gasteiger partial charge in [0.1, 0.15) is 0 Å². The Bertz CT molecular complexity index is 607. The molecule has 2 aromatic carbocycles. The van der Waals surface area contributed by atoms with Crippen LogP contribution in [0.4, 0.5) is 0 Å². The number of benzene rings is 2. The molecular formula is C15H17NO2S. The van der Waals surface area contributed by atoms with Crippen molar-refractivity contribution in [3.8, 4) is 0 Å². The van der Waals surface area contributed by atoms with E-state index in [0.29, 0.717) is 9.79 Å². The molecule has 0 unspecified atom stereocenters. The number of carbonyl (C=O) groups excluding carboxylic acids is 1. The summed E-state index contributed by atoms with van der Waals surface area (Å²) in [5.74, 6) is -0.738. The maximum atomic E-state index is 13.7. The van der Waals surface area contributed by atoms with Gasteiger partial charge < -0.3 is 5.73 Å². The van der Waals surface area contributed by atoms with Crippen molar-refractivity contribution in [3.05, 3.63) is 60.7 Å². The van der Waals surface area contributed by atoms with Crippen LogP contribution in [0.5, 0.6) is 0 Å². The SMILES string of the molecule is CS(=O)(CC(N)=O)(c1ccccc1)c1ccccc1. The van der Waals surface area contributed by atoms with Gasteiger partial charge in [0.2, 0.25) is 5.91 Å². The zero-order valence-corrected chi connectivity index (χ0v) is 11.6. The molecule has 0 atom stereocenters. The van der Waals surface area contributed by atoms with Gasteiger partial charge in [-0.25, -0.2) is 0 Å². The molecule has 0 bridgehead atoms. The highest BCUT2D eigenvalue weighted by Crippen LogP contribution is 2.40. The molecule has 0 heterocycles. The predicted octanol–water partition coefficient (Wildman–Crippen LogP) is 2.04. The summed E-state index contributed by atoms with van der Waals surface area (Å²) in [6.45, 7) is 0. The van der Waals surface area contributed by atoms with Crippen LogP contribution < -0.4 is 5.73 Å². The summed E-state index contributed by atoms with van der Waals surface area (Å²) in [5, 5.41) is 0. The minimum atomic E-state index is -3.49. The van der Waals surface area contributed by atoms with E-state index in [2.05, 4.69) is 0 Å². The maximum absolute atomic E-state index is 13.7. The van der Waals surface area contributed by atoms with Crippen LogP contribution in [0.1, 0.15) is 0 Å². The Kier molecular flexibility index (Phi) is 3.28. The summed E-state index contributed by atoms with van der Waals surface area (Å²) >= 11 is 0. The Morgan fingerprint density at radius 2 is 1.32 bits per heavy atom. The zero-order chi connectivity index (χ0) is 14.0. The molecule has 0 saturated carbocycles. The highest BCUT2D eigenvalue weighted by Gasteiger charge is 2.37. The molecule has 3 nitrogen and oxygen atoms in total. The minimum absolute atomic E-state index is 0.175. The first kappa shape index (κ1) is 13.5. The zero-order valence-electron chi connectivity index (χ0n) is 10.8. The highest BCUT2D eigenvalue weighted by molar-refractivity contribution is 8.20. The van der Waals surface area contributed by atoms with E-state index in [4.69, 9.17) is 5.73 Å². The van der Waals surface area contributed by atoms with Gasteiger partial charge >= 0.3 is 0 Å². The molecule has 19 heavy (non-hydrogen) atoms. The fourth-order valence-electron chi connectivity index (χ4n) is 2.20. The smallest absolute Gasteiger partial charge is 0.228 e. The normalized spacial score (nSPS) is 13.4. The molecule has 4 heteroatoms. The number of primary amides is 1. The first-order chi connectivity index (χ1) is 8.92. The number of hydrogen-bond acceptors (Lipinski definition) is 2. The van der Waals surface area contributed by atoms with Crippen LogP contribution in [-0.2, 0) is 13.9 Å². The number of carbonyl (C=O) groups is 1. The Morgan fingerprint density at radius 1 is 0.947 bits per heavy atom. The molecule has 0 aliphatic heterocycles. The molecule has 1 amide bonds.